The molecular formula is C18H23N3O2S. The average molecular weight is 345 g/mol. The predicted molar refractivity (Wildman–Crippen MR) is 95.0 cm³/mol. The van der Waals surface area contributed by atoms with E-state index < -0.39 is 0 Å². The first-order chi connectivity index (χ1) is 11.7. The Kier molecular flexibility index (Phi) is 5.82. The summed E-state index contributed by atoms with van der Waals surface area (Å²) in [5.41, 5.74) is 2.14. The fraction of sp³-hybridized carbons (Fsp3) is 0.444. The van der Waals surface area contributed by atoms with Crippen LogP contribution in [0.25, 0.3) is 0 Å². The Morgan fingerprint density at radius 2 is 2.21 bits per heavy atom. The fourth-order valence-electron chi connectivity index (χ4n) is 2.96. The molecule has 2 amide bonds. The van der Waals surface area contributed by atoms with Crippen molar-refractivity contribution in [2.45, 2.75) is 25.8 Å². The quantitative estimate of drug-likeness (QED) is 0.875. The van der Waals surface area contributed by atoms with Crippen molar-refractivity contribution in [3.8, 4) is 0 Å². The smallest absolute Gasteiger partial charge is 0.317 e. The number of aromatic nitrogens is 1. The maximum Gasteiger partial charge on any atom is 0.317 e. The first kappa shape index (κ1) is 16.9. The maximum absolute atomic E-state index is 12.2. The van der Waals surface area contributed by atoms with Crippen LogP contribution in [-0.2, 0) is 13.0 Å². The molecule has 1 aliphatic heterocycles. The number of aliphatic hydroxyl groups excluding tert-OH is 1. The zero-order chi connectivity index (χ0) is 16.8. The number of nitrogens with zero attached hydrogens (tertiary/aromatic N) is 2. The van der Waals surface area contributed by atoms with Gasteiger partial charge in [0, 0.05) is 31.5 Å². The molecule has 1 unspecified atom stereocenters. The molecule has 2 heterocycles. The van der Waals surface area contributed by atoms with Crippen molar-refractivity contribution in [2.24, 2.45) is 5.92 Å². The van der Waals surface area contributed by atoms with Gasteiger partial charge in [-0.1, -0.05) is 30.3 Å². The number of likely N-dealkylation sites (tertiary alicyclic amines) is 1. The number of carbonyl (C=O) groups excluding carboxylic acids is 1. The van der Waals surface area contributed by atoms with Gasteiger partial charge >= 0.3 is 6.03 Å². The number of urea groups is 1. The van der Waals surface area contributed by atoms with Gasteiger partial charge in [-0.15, -0.1) is 11.3 Å². The molecule has 1 aromatic heterocycles. The summed E-state index contributed by atoms with van der Waals surface area (Å²) in [6.07, 6.45) is 2.77. The van der Waals surface area contributed by atoms with Gasteiger partial charge in [0.1, 0.15) is 0 Å². The highest BCUT2D eigenvalue weighted by Gasteiger charge is 2.22. The van der Waals surface area contributed by atoms with Crippen LogP contribution in [0.15, 0.2) is 35.7 Å². The van der Waals surface area contributed by atoms with Crippen LogP contribution in [0.5, 0.6) is 0 Å². The molecule has 128 valence electrons. The number of amides is 2. The van der Waals surface area contributed by atoms with E-state index >= 15 is 0 Å². The molecule has 0 spiro atoms. The number of rotatable bonds is 5. The molecule has 5 nitrogen and oxygen atoms in total. The first-order valence-electron chi connectivity index (χ1n) is 8.35. The summed E-state index contributed by atoms with van der Waals surface area (Å²) in [7, 11) is 0. The third-order valence-electron chi connectivity index (χ3n) is 4.28. The lowest BCUT2D eigenvalue weighted by atomic mass is 9.99. The van der Waals surface area contributed by atoms with Crippen LogP contribution < -0.4 is 5.32 Å². The highest BCUT2D eigenvalue weighted by molar-refractivity contribution is 7.09. The highest BCUT2D eigenvalue weighted by Crippen LogP contribution is 2.17. The number of carbonyl (C=O) groups is 1. The van der Waals surface area contributed by atoms with Crippen molar-refractivity contribution in [3.05, 3.63) is 52.0 Å². The normalized spacial score (nSPS) is 17.7. The molecule has 1 atom stereocenters. The number of piperidine rings is 1. The van der Waals surface area contributed by atoms with E-state index in [0.717, 1.165) is 36.5 Å². The van der Waals surface area contributed by atoms with Crippen LogP contribution in [-0.4, -0.2) is 40.7 Å². The lowest BCUT2D eigenvalue weighted by Gasteiger charge is -2.31. The van der Waals surface area contributed by atoms with Crippen LogP contribution in [0.3, 0.4) is 0 Å². The third kappa shape index (κ3) is 4.55. The molecular weight excluding hydrogens is 322 g/mol. The summed E-state index contributed by atoms with van der Waals surface area (Å²) in [5, 5.41) is 15.3. The number of benzene rings is 1. The molecule has 24 heavy (non-hydrogen) atoms. The Balaban J connectivity index is 1.49. The van der Waals surface area contributed by atoms with Crippen molar-refractivity contribution < 1.29 is 9.90 Å². The van der Waals surface area contributed by atoms with Crippen molar-refractivity contribution in [2.75, 3.05) is 19.7 Å². The zero-order valence-electron chi connectivity index (χ0n) is 13.6. The van der Waals surface area contributed by atoms with Gasteiger partial charge in [0.15, 0.2) is 0 Å². The SMILES string of the molecule is O=C(NCc1csc(Cc2ccccc2)n1)N1CCCC(CO)C1. The topological polar surface area (TPSA) is 65.5 Å². The summed E-state index contributed by atoms with van der Waals surface area (Å²) in [4.78, 5) is 18.6. The molecule has 2 N–H and O–H groups in total. The van der Waals surface area contributed by atoms with Gasteiger partial charge in [0.2, 0.25) is 0 Å². The second-order valence-electron chi connectivity index (χ2n) is 6.19. The molecule has 1 aliphatic rings. The van der Waals surface area contributed by atoms with Crippen LogP contribution in [0.1, 0.15) is 29.1 Å². The summed E-state index contributed by atoms with van der Waals surface area (Å²) in [6.45, 7) is 2.00. The van der Waals surface area contributed by atoms with Gasteiger partial charge < -0.3 is 15.3 Å². The summed E-state index contributed by atoms with van der Waals surface area (Å²) < 4.78 is 0. The van der Waals surface area contributed by atoms with Gasteiger partial charge in [0.05, 0.1) is 17.2 Å². The Morgan fingerprint density at radius 3 is 3.00 bits per heavy atom. The predicted octanol–water partition coefficient (Wildman–Crippen LogP) is 2.65. The van der Waals surface area contributed by atoms with Gasteiger partial charge in [-0.25, -0.2) is 9.78 Å². The van der Waals surface area contributed by atoms with Crippen LogP contribution >= 0.6 is 11.3 Å². The minimum atomic E-state index is -0.0641. The van der Waals surface area contributed by atoms with Crippen molar-refractivity contribution >= 4 is 17.4 Å². The molecule has 1 fully saturated rings. The standard InChI is InChI=1S/C18H23N3O2S/c22-12-15-7-4-8-21(11-15)18(23)19-10-16-13-24-17(20-16)9-14-5-2-1-3-6-14/h1-3,5-6,13,15,22H,4,7-12H2,(H,19,23). The lowest BCUT2D eigenvalue weighted by molar-refractivity contribution is 0.129. The van der Waals surface area contributed by atoms with Gasteiger partial charge in [0.25, 0.3) is 0 Å². The van der Waals surface area contributed by atoms with Crippen LogP contribution in [0, 0.1) is 5.92 Å². The van der Waals surface area contributed by atoms with E-state index in [0.29, 0.717) is 13.1 Å². The maximum atomic E-state index is 12.2. The van der Waals surface area contributed by atoms with E-state index in [4.69, 9.17) is 0 Å². The fourth-order valence-corrected chi connectivity index (χ4v) is 3.79. The van der Waals surface area contributed by atoms with Crippen LogP contribution in [0.4, 0.5) is 4.79 Å². The van der Waals surface area contributed by atoms with E-state index in [1.807, 2.05) is 23.6 Å². The second kappa shape index (κ2) is 8.26. The molecule has 1 aromatic carbocycles. The Labute approximate surface area is 146 Å². The molecule has 6 heteroatoms. The molecule has 0 radical (unpaired) electrons. The minimum Gasteiger partial charge on any atom is -0.396 e. The monoisotopic (exact) mass is 345 g/mol. The molecule has 0 saturated carbocycles. The van der Waals surface area contributed by atoms with E-state index in [2.05, 4.69) is 22.4 Å². The second-order valence-corrected chi connectivity index (χ2v) is 7.13. The number of nitrogens with one attached hydrogen (secondary N) is 1. The van der Waals surface area contributed by atoms with Crippen LogP contribution in [0.2, 0.25) is 0 Å². The lowest BCUT2D eigenvalue weighted by Crippen LogP contribution is -2.45. The zero-order valence-corrected chi connectivity index (χ0v) is 14.5. The van der Waals surface area contributed by atoms with Crippen molar-refractivity contribution in [1.82, 2.24) is 15.2 Å². The van der Waals surface area contributed by atoms with Crippen molar-refractivity contribution in [1.29, 1.82) is 0 Å². The largest absolute Gasteiger partial charge is 0.396 e. The molecule has 0 bridgehead atoms. The molecule has 2 aromatic rings. The Hall–Kier alpha value is -1.92. The minimum absolute atomic E-state index is 0.0641. The first-order valence-corrected chi connectivity index (χ1v) is 9.23. The average Bonchev–Trinajstić information content (AvgIpc) is 3.08. The number of aliphatic hydroxyl groups is 1. The van der Waals surface area contributed by atoms with Gasteiger partial charge in [-0.05, 0) is 24.3 Å². The summed E-state index contributed by atoms with van der Waals surface area (Å²) >= 11 is 1.63. The highest BCUT2D eigenvalue weighted by atomic mass is 32.1. The van der Waals surface area contributed by atoms with E-state index in [1.54, 1.807) is 16.2 Å². The van der Waals surface area contributed by atoms with E-state index in [9.17, 15) is 9.90 Å². The number of thiazole rings is 1. The van der Waals surface area contributed by atoms with Crippen molar-refractivity contribution in [3.63, 3.8) is 0 Å². The van der Waals surface area contributed by atoms with E-state index in [1.165, 1.54) is 5.56 Å². The molecule has 3 rings (SSSR count). The number of hydrogen-bond donors (Lipinski definition) is 2. The van der Waals surface area contributed by atoms with Gasteiger partial charge in [-0.3, -0.25) is 0 Å². The van der Waals surface area contributed by atoms with E-state index in [-0.39, 0.29) is 18.6 Å². The number of hydrogen-bond acceptors (Lipinski definition) is 4. The third-order valence-corrected chi connectivity index (χ3v) is 5.18. The Morgan fingerprint density at radius 1 is 1.38 bits per heavy atom. The summed E-state index contributed by atoms with van der Waals surface area (Å²) in [6, 6.07) is 10.2. The molecule has 1 saturated heterocycles. The summed E-state index contributed by atoms with van der Waals surface area (Å²) in [5.74, 6) is 0.209. The van der Waals surface area contributed by atoms with Gasteiger partial charge in [-0.2, -0.15) is 0 Å². The Bertz CT molecular complexity index is 659. The molecule has 0 aliphatic carbocycles.